The summed E-state index contributed by atoms with van der Waals surface area (Å²) in [4.78, 5) is 13.9. The number of aromatic nitrogens is 1. The number of fused-ring (bicyclic) bond motifs is 1. The van der Waals surface area contributed by atoms with Gasteiger partial charge in [-0.15, -0.1) is 0 Å². The van der Waals surface area contributed by atoms with Crippen molar-refractivity contribution in [2.75, 3.05) is 19.5 Å². The minimum atomic E-state index is -0.411. The minimum absolute atomic E-state index is 0.0990. The third-order valence-corrected chi connectivity index (χ3v) is 2.27. The van der Waals surface area contributed by atoms with Crippen LogP contribution in [0.15, 0.2) is 24.4 Å². The predicted molar refractivity (Wildman–Crippen MR) is 60.2 cm³/mol. The number of methoxy groups -OCH3 is 1. The highest BCUT2D eigenvalue weighted by molar-refractivity contribution is 5.91. The van der Waals surface area contributed by atoms with E-state index in [0.29, 0.717) is 11.4 Å². The zero-order valence-electron chi connectivity index (χ0n) is 8.82. The van der Waals surface area contributed by atoms with Gasteiger partial charge in [0, 0.05) is 17.6 Å². The fourth-order valence-electron chi connectivity index (χ4n) is 1.42. The first-order valence-electron chi connectivity index (χ1n) is 4.77. The third-order valence-electron chi connectivity index (χ3n) is 2.27. The number of nitrogens with two attached hydrogens (primary N) is 1. The van der Waals surface area contributed by atoms with E-state index < -0.39 is 5.97 Å². The summed E-state index contributed by atoms with van der Waals surface area (Å²) in [6.07, 6.45) is 1.72. The van der Waals surface area contributed by atoms with E-state index in [1.165, 1.54) is 7.11 Å². The standard InChI is InChI=1S/C11H12N2O3/c1-15-11(14)6-16-7-2-3-8-9(12)5-13-10(8)4-7/h2-5,13H,6,12H2,1H3. The molecule has 1 aromatic carbocycles. The van der Waals surface area contributed by atoms with Crippen LogP contribution in [0.25, 0.3) is 10.9 Å². The van der Waals surface area contributed by atoms with Crippen LogP contribution in [0.1, 0.15) is 0 Å². The molecule has 0 aliphatic rings. The van der Waals surface area contributed by atoms with Gasteiger partial charge in [0.25, 0.3) is 0 Å². The van der Waals surface area contributed by atoms with Gasteiger partial charge in [-0.2, -0.15) is 0 Å². The summed E-state index contributed by atoms with van der Waals surface area (Å²) in [5.41, 5.74) is 7.29. The first-order chi connectivity index (χ1) is 7.70. The fraction of sp³-hybridized carbons (Fsp3) is 0.182. The molecular weight excluding hydrogens is 208 g/mol. The number of carbonyl (C=O) groups excluding carboxylic acids is 1. The molecule has 0 spiro atoms. The van der Waals surface area contributed by atoms with Gasteiger partial charge in [0.15, 0.2) is 6.61 Å². The number of nitrogen functional groups attached to an aromatic ring is 1. The monoisotopic (exact) mass is 220 g/mol. The maximum absolute atomic E-state index is 10.9. The Morgan fingerprint density at radius 1 is 1.50 bits per heavy atom. The Morgan fingerprint density at radius 3 is 3.06 bits per heavy atom. The molecule has 0 unspecified atom stereocenters. The molecule has 0 saturated carbocycles. The molecule has 0 atom stereocenters. The molecule has 0 saturated heterocycles. The van der Waals surface area contributed by atoms with Gasteiger partial charge in [0.05, 0.1) is 18.3 Å². The smallest absolute Gasteiger partial charge is 0.343 e. The fourth-order valence-corrected chi connectivity index (χ4v) is 1.42. The van der Waals surface area contributed by atoms with Crippen molar-refractivity contribution < 1.29 is 14.3 Å². The number of anilines is 1. The first-order valence-corrected chi connectivity index (χ1v) is 4.77. The molecule has 0 fully saturated rings. The highest BCUT2D eigenvalue weighted by Crippen LogP contribution is 2.24. The summed E-state index contributed by atoms with van der Waals surface area (Å²) in [7, 11) is 1.32. The molecule has 5 heteroatoms. The van der Waals surface area contributed by atoms with E-state index in [1.807, 2.05) is 6.07 Å². The largest absolute Gasteiger partial charge is 0.482 e. The number of esters is 1. The Balaban J connectivity index is 2.17. The molecule has 1 heterocycles. The normalized spacial score (nSPS) is 10.3. The summed E-state index contributed by atoms with van der Waals surface area (Å²) < 4.78 is 9.71. The number of rotatable bonds is 3. The van der Waals surface area contributed by atoms with E-state index >= 15 is 0 Å². The number of aromatic amines is 1. The molecule has 0 aliphatic heterocycles. The molecule has 0 amide bonds. The van der Waals surface area contributed by atoms with Crippen LogP contribution in [0, 0.1) is 0 Å². The number of ether oxygens (including phenoxy) is 2. The number of hydrogen-bond acceptors (Lipinski definition) is 4. The highest BCUT2D eigenvalue weighted by Gasteiger charge is 2.04. The summed E-state index contributed by atoms with van der Waals surface area (Å²) in [6, 6.07) is 5.39. The van der Waals surface area contributed by atoms with Gasteiger partial charge in [0.2, 0.25) is 0 Å². The van der Waals surface area contributed by atoms with Crippen LogP contribution in [0.2, 0.25) is 0 Å². The van der Waals surface area contributed by atoms with Gasteiger partial charge < -0.3 is 20.2 Å². The van der Waals surface area contributed by atoms with Gasteiger partial charge in [-0.05, 0) is 12.1 Å². The summed E-state index contributed by atoms with van der Waals surface area (Å²) in [5.74, 6) is 0.186. The molecule has 84 valence electrons. The summed E-state index contributed by atoms with van der Waals surface area (Å²) >= 11 is 0. The second kappa shape index (κ2) is 4.14. The lowest BCUT2D eigenvalue weighted by atomic mass is 10.2. The van der Waals surface area contributed by atoms with Crippen LogP contribution in [-0.2, 0) is 9.53 Å². The first kappa shape index (κ1) is 10.4. The molecule has 2 aromatic rings. The van der Waals surface area contributed by atoms with E-state index in [-0.39, 0.29) is 6.61 Å². The van der Waals surface area contributed by atoms with Crippen LogP contribution in [0.5, 0.6) is 5.75 Å². The topological polar surface area (TPSA) is 77.3 Å². The van der Waals surface area contributed by atoms with Crippen molar-refractivity contribution in [3.63, 3.8) is 0 Å². The number of H-pyrrole nitrogens is 1. The maximum atomic E-state index is 10.9. The van der Waals surface area contributed by atoms with Gasteiger partial charge in [-0.3, -0.25) is 0 Å². The van der Waals surface area contributed by atoms with Gasteiger partial charge in [0.1, 0.15) is 5.75 Å². The lowest BCUT2D eigenvalue weighted by Crippen LogP contribution is -2.12. The number of benzene rings is 1. The van der Waals surface area contributed by atoms with Crippen LogP contribution in [0.4, 0.5) is 5.69 Å². The Bertz CT molecular complexity index is 519. The zero-order chi connectivity index (χ0) is 11.5. The average Bonchev–Trinajstić information content (AvgIpc) is 2.67. The van der Waals surface area contributed by atoms with E-state index in [9.17, 15) is 4.79 Å². The molecule has 3 N–H and O–H groups in total. The van der Waals surface area contributed by atoms with Crippen LogP contribution in [-0.4, -0.2) is 24.7 Å². The number of hydrogen-bond donors (Lipinski definition) is 2. The van der Waals surface area contributed by atoms with E-state index in [2.05, 4.69) is 9.72 Å². The number of nitrogens with one attached hydrogen (secondary N) is 1. The molecule has 0 aliphatic carbocycles. The minimum Gasteiger partial charge on any atom is -0.482 e. The Kier molecular flexibility index (Phi) is 2.68. The Labute approximate surface area is 92.1 Å². The van der Waals surface area contributed by atoms with Crippen molar-refractivity contribution >= 4 is 22.6 Å². The number of carbonyl (C=O) groups is 1. The van der Waals surface area contributed by atoms with Crippen molar-refractivity contribution in [1.82, 2.24) is 4.98 Å². The second-order valence-electron chi connectivity index (χ2n) is 3.32. The lowest BCUT2D eigenvalue weighted by molar-refractivity contribution is -0.142. The van der Waals surface area contributed by atoms with E-state index in [1.54, 1.807) is 18.3 Å². The maximum Gasteiger partial charge on any atom is 0.343 e. The zero-order valence-corrected chi connectivity index (χ0v) is 8.82. The van der Waals surface area contributed by atoms with Crippen molar-refractivity contribution in [3.8, 4) is 5.75 Å². The van der Waals surface area contributed by atoms with Crippen molar-refractivity contribution in [2.24, 2.45) is 0 Å². The highest BCUT2D eigenvalue weighted by atomic mass is 16.6. The molecule has 1 aromatic heterocycles. The SMILES string of the molecule is COC(=O)COc1ccc2c(N)c[nH]c2c1. The molecule has 0 radical (unpaired) electrons. The van der Waals surface area contributed by atoms with Crippen molar-refractivity contribution in [2.45, 2.75) is 0 Å². The molecular formula is C11H12N2O3. The van der Waals surface area contributed by atoms with E-state index in [4.69, 9.17) is 10.5 Å². The molecule has 0 bridgehead atoms. The van der Waals surface area contributed by atoms with Crippen molar-refractivity contribution in [1.29, 1.82) is 0 Å². The average molecular weight is 220 g/mol. The Hall–Kier alpha value is -2.17. The van der Waals surface area contributed by atoms with Crippen LogP contribution >= 0.6 is 0 Å². The Morgan fingerprint density at radius 2 is 2.31 bits per heavy atom. The predicted octanol–water partition coefficient (Wildman–Crippen LogP) is 1.30. The molecule has 5 nitrogen and oxygen atoms in total. The molecule has 16 heavy (non-hydrogen) atoms. The van der Waals surface area contributed by atoms with Gasteiger partial charge >= 0.3 is 5.97 Å². The second-order valence-corrected chi connectivity index (χ2v) is 3.32. The quantitative estimate of drug-likeness (QED) is 0.764. The van der Waals surface area contributed by atoms with Crippen LogP contribution < -0.4 is 10.5 Å². The lowest BCUT2D eigenvalue weighted by Gasteiger charge is -2.04. The summed E-state index contributed by atoms with van der Waals surface area (Å²) in [5, 5.41) is 0.936. The molecule has 2 rings (SSSR count). The van der Waals surface area contributed by atoms with E-state index in [0.717, 1.165) is 10.9 Å². The van der Waals surface area contributed by atoms with Crippen LogP contribution in [0.3, 0.4) is 0 Å². The summed E-state index contributed by atoms with van der Waals surface area (Å²) in [6.45, 7) is -0.0990. The van der Waals surface area contributed by atoms with Crippen molar-refractivity contribution in [3.05, 3.63) is 24.4 Å². The van der Waals surface area contributed by atoms with Gasteiger partial charge in [-0.1, -0.05) is 0 Å². The third kappa shape index (κ3) is 1.93. The van der Waals surface area contributed by atoms with Gasteiger partial charge in [-0.25, -0.2) is 4.79 Å².